The Bertz CT molecular complexity index is 1440. The Labute approximate surface area is 184 Å². The van der Waals surface area contributed by atoms with Crippen molar-refractivity contribution in [3.8, 4) is 0 Å². The molecule has 5 rings (SSSR count). The van der Waals surface area contributed by atoms with E-state index < -0.39 is 17.9 Å². The van der Waals surface area contributed by atoms with Crippen LogP contribution in [-0.4, -0.2) is 22.8 Å². The fraction of sp³-hybridized carbons (Fsp3) is 0.0741. The van der Waals surface area contributed by atoms with Crippen molar-refractivity contribution in [2.45, 2.75) is 12.5 Å². The minimum atomic E-state index is -0.870. The van der Waals surface area contributed by atoms with Gasteiger partial charge >= 0.3 is 0 Å². The largest absolute Gasteiger partial charge is 0.368 e. The van der Waals surface area contributed by atoms with E-state index in [2.05, 4.69) is 16.4 Å². The number of primary amides is 1. The summed E-state index contributed by atoms with van der Waals surface area (Å²) >= 11 is 0. The molecule has 1 atom stereocenters. The molecule has 4 aromatic carbocycles. The van der Waals surface area contributed by atoms with Crippen molar-refractivity contribution >= 4 is 44.3 Å². The van der Waals surface area contributed by atoms with Crippen LogP contribution in [0.25, 0.3) is 32.4 Å². The Morgan fingerprint density at radius 3 is 2.03 bits per heavy atom. The first kappa shape index (κ1) is 19.7. The molecule has 0 radical (unpaired) electrons. The smallest absolute Gasteiger partial charge is 0.270 e. The Balaban J connectivity index is 1.51. The summed E-state index contributed by atoms with van der Waals surface area (Å²) in [7, 11) is 0. The van der Waals surface area contributed by atoms with Crippen molar-refractivity contribution in [3.05, 3.63) is 102 Å². The molecular formula is C27H21N3O2. The predicted molar refractivity (Wildman–Crippen MR) is 127 cm³/mol. The van der Waals surface area contributed by atoms with E-state index in [1.807, 2.05) is 78.9 Å². The van der Waals surface area contributed by atoms with E-state index in [1.165, 1.54) is 0 Å². The van der Waals surface area contributed by atoms with Crippen LogP contribution in [0, 0.1) is 0 Å². The number of nitrogens with zero attached hydrogens (tertiary/aromatic N) is 1. The molecule has 0 saturated heterocycles. The molecule has 5 heteroatoms. The summed E-state index contributed by atoms with van der Waals surface area (Å²) in [6.45, 7) is 0. The summed E-state index contributed by atoms with van der Waals surface area (Å²) in [4.78, 5) is 29.7. The molecule has 1 heterocycles. The van der Waals surface area contributed by atoms with Crippen LogP contribution in [-0.2, 0) is 11.2 Å². The van der Waals surface area contributed by atoms with Gasteiger partial charge in [0.25, 0.3) is 5.91 Å². The monoisotopic (exact) mass is 419 g/mol. The third kappa shape index (κ3) is 3.65. The SMILES string of the molecule is NC(=O)[C@H](Cc1c2ccccc2cc2ccccc12)NC(=O)c1ccc2ccccc2n1. The van der Waals surface area contributed by atoms with Gasteiger partial charge in [0.1, 0.15) is 11.7 Å². The first-order valence-corrected chi connectivity index (χ1v) is 10.5. The Kier molecular flexibility index (Phi) is 5.00. The van der Waals surface area contributed by atoms with Gasteiger partial charge in [0.2, 0.25) is 5.91 Å². The number of nitrogens with one attached hydrogen (secondary N) is 1. The highest BCUT2D eigenvalue weighted by atomic mass is 16.2. The van der Waals surface area contributed by atoms with Gasteiger partial charge in [0.05, 0.1) is 5.52 Å². The van der Waals surface area contributed by atoms with Crippen molar-refractivity contribution in [1.29, 1.82) is 0 Å². The van der Waals surface area contributed by atoms with E-state index in [0.29, 0.717) is 0 Å². The second-order valence-electron chi connectivity index (χ2n) is 7.82. The molecule has 5 nitrogen and oxygen atoms in total. The summed E-state index contributed by atoms with van der Waals surface area (Å²) < 4.78 is 0. The predicted octanol–water partition coefficient (Wildman–Crippen LogP) is 4.37. The summed E-state index contributed by atoms with van der Waals surface area (Å²) in [6.07, 6.45) is 0.288. The van der Waals surface area contributed by atoms with Crippen LogP contribution in [0.2, 0.25) is 0 Å². The Morgan fingerprint density at radius 1 is 0.781 bits per heavy atom. The number of benzene rings is 4. The van der Waals surface area contributed by atoms with Crippen molar-refractivity contribution in [2.24, 2.45) is 5.73 Å². The fourth-order valence-corrected chi connectivity index (χ4v) is 4.18. The van der Waals surface area contributed by atoms with Gasteiger partial charge in [-0.25, -0.2) is 4.98 Å². The van der Waals surface area contributed by atoms with Crippen LogP contribution in [0.15, 0.2) is 91.0 Å². The van der Waals surface area contributed by atoms with E-state index in [4.69, 9.17) is 5.73 Å². The zero-order valence-electron chi connectivity index (χ0n) is 17.3. The fourth-order valence-electron chi connectivity index (χ4n) is 4.18. The highest BCUT2D eigenvalue weighted by Crippen LogP contribution is 2.29. The summed E-state index contributed by atoms with van der Waals surface area (Å²) in [5.41, 5.74) is 7.66. The van der Waals surface area contributed by atoms with E-state index >= 15 is 0 Å². The van der Waals surface area contributed by atoms with Crippen LogP contribution >= 0.6 is 0 Å². The number of carbonyl (C=O) groups is 2. The van der Waals surface area contributed by atoms with Crippen molar-refractivity contribution in [3.63, 3.8) is 0 Å². The number of fused-ring (bicyclic) bond motifs is 3. The summed E-state index contributed by atoms with van der Waals surface area (Å²) in [6, 6.07) is 28.4. The van der Waals surface area contributed by atoms with Gasteiger partial charge < -0.3 is 11.1 Å². The number of para-hydroxylation sites is 1. The molecule has 2 amide bonds. The first-order valence-electron chi connectivity index (χ1n) is 10.5. The molecule has 5 aromatic rings. The van der Waals surface area contributed by atoms with Crippen molar-refractivity contribution < 1.29 is 9.59 Å². The molecule has 0 aliphatic carbocycles. The number of hydrogen-bond acceptors (Lipinski definition) is 3. The highest BCUT2D eigenvalue weighted by Gasteiger charge is 2.22. The second kappa shape index (κ2) is 8.12. The number of carbonyl (C=O) groups excluding carboxylic acids is 2. The van der Waals surface area contributed by atoms with Gasteiger partial charge in [-0.1, -0.05) is 72.8 Å². The number of pyridine rings is 1. The zero-order chi connectivity index (χ0) is 22.1. The van der Waals surface area contributed by atoms with Gasteiger partial charge in [-0.3, -0.25) is 9.59 Å². The lowest BCUT2D eigenvalue weighted by Gasteiger charge is -2.18. The van der Waals surface area contributed by atoms with Gasteiger partial charge in [-0.05, 0) is 45.3 Å². The minimum absolute atomic E-state index is 0.248. The molecule has 0 aliphatic heterocycles. The topological polar surface area (TPSA) is 85.1 Å². The van der Waals surface area contributed by atoms with Gasteiger partial charge in [0, 0.05) is 11.8 Å². The summed E-state index contributed by atoms with van der Waals surface area (Å²) in [5.74, 6) is -1.01. The Morgan fingerprint density at radius 2 is 1.38 bits per heavy atom. The van der Waals surface area contributed by atoms with E-state index in [-0.39, 0.29) is 12.1 Å². The lowest BCUT2D eigenvalue weighted by molar-refractivity contribution is -0.119. The first-order chi connectivity index (χ1) is 15.6. The van der Waals surface area contributed by atoms with Crippen LogP contribution in [0.1, 0.15) is 16.1 Å². The lowest BCUT2D eigenvalue weighted by Crippen LogP contribution is -2.46. The van der Waals surface area contributed by atoms with Crippen LogP contribution in [0.4, 0.5) is 0 Å². The van der Waals surface area contributed by atoms with E-state index in [9.17, 15) is 9.59 Å². The maximum atomic E-state index is 12.9. The maximum Gasteiger partial charge on any atom is 0.270 e. The van der Waals surface area contributed by atoms with Crippen LogP contribution in [0.5, 0.6) is 0 Å². The molecular weight excluding hydrogens is 398 g/mol. The molecule has 32 heavy (non-hydrogen) atoms. The minimum Gasteiger partial charge on any atom is -0.368 e. The van der Waals surface area contributed by atoms with Crippen LogP contribution < -0.4 is 11.1 Å². The number of hydrogen-bond donors (Lipinski definition) is 2. The average Bonchev–Trinajstić information content (AvgIpc) is 2.82. The van der Waals surface area contributed by atoms with Crippen LogP contribution in [0.3, 0.4) is 0 Å². The normalized spacial score (nSPS) is 12.1. The van der Waals surface area contributed by atoms with Gasteiger partial charge in [-0.2, -0.15) is 0 Å². The number of aromatic nitrogens is 1. The number of nitrogens with two attached hydrogens (primary N) is 1. The molecule has 0 fully saturated rings. The molecule has 0 unspecified atom stereocenters. The molecule has 3 N–H and O–H groups in total. The molecule has 1 aromatic heterocycles. The third-order valence-corrected chi connectivity index (χ3v) is 5.77. The van der Waals surface area contributed by atoms with E-state index in [1.54, 1.807) is 6.07 Å². The molecule has 0 bridgehead atoms. The van der Waals surface area contributed by atoms with Gasteiger partial charge in [-0.15, -0.1) is 0 Å². The number of rotatable bonds is 5. The lowest BCUT2D eigenvalue weighted by atomic mass is 9.92. The molecule has 156 valence electrons. The molecule has 0 saturated carbocycles. The zero-order valence-corrected chi connectivity index (χ0v) is 17.3. The second-order valence-corrected chi connectivity index (χ2v) is 7.82. The standard InChI is InChI=1S/C27H21N3O2/c28-26(31)25(30-27(32)24-14-13-17-7-3-6-12-23(17)29-24)16-22-20-10-4-1-8-18(20)15-19-9-2-5-11-21(19)22/h1-15,25H,16H2,(H2,28,31)(H,30,32)/t25-/m0/s1. The highest BCUT2D eigenvalue weighted by molar-refractivity contribution is 6.03. The average molecular weight is 419 g/mol. The summed E-state index contributed by atoms with van der Waals surface area (Å²) in [5, 5.41) is 7.97. The molecule has 0 spiro atoms. The van der Waals surface area contributed by atoms with Gasteiger partial charge in [0.15, 0.2) is 0 Å². The van der Waals surface area contributed by atoms with Crippen molar-refractivity contribution in [2.75, 3.05) is 0 Å². The van der Waals surface area contributed by atoms with Crippen molar-refractivity contribution in [1.82, 2.24) is 10.3 Å². The quantitative estimate of drug-likeness (QED) is 0.415. The van der Waals surface area contributed by atoms with E-state index in [0.717, 1.165) is 38.0 Å². The maximum absolute atomic E-state index is 12.9. The molecule has 0 aliphatic rings. The third-order valence-electron chi connectivity index (χ3n) is 5.77. The Hall–Kier alpha value is -4.25. The number of amides is 2.